The second-order valence-corrected chi connectivity index (χ2v) is 5.28. The Bertz CT molecular complexity index is 681. The zero-order valence-corrected chi connectivity index (χ0v) is 11.9. The van der Waals surface area contributed by atoms with Crippen LogP contribution in [0.15, 0.2) is 40.6 Å². The molecule has 21 heavy (non-hydrogen) atoms. The Hall–Kier alpha value is -2.12. The van der Waals surface area contributed by atoms with E-state index >= 15 is 0 Å². The van der Waals surface area contributed by atoms with Gasteiger partial charge in [0, 0.05) is 30.5 Å². The molecule has 0 saturated carbocycles. The van der Waals surface area contributed by atoms with Crippen LogP contribution in [0.2, 0.25) is 0 Å². The van der Waals surface area contributed by atoms with Crippen LogP contribution < -0.4 is 5.32 Å². The van der Waals surface area contributed by atoms with E-state index < -0.39 is 0 Å². The molecule has 0 radical (unpaired) electrons. The summed E-state index contributed by atoms with van der Waals surface area (Å²) in [5.74, 6) is 0.450. The number of aromatic nitrogens is 3. The van der Waals surface area contributed by atoms with Crippen LogP contribution in [0.25, 0.3) is 10.6 Å². The molecule has 5 nitrogen and oxygen atoms in total. The minimum atomic E-state index is -0.237. The maximum absolute atomic E-state index is 12.9. The van der Waals surface area contributed by atoms with Crippen molar-refractivity contribution < 1.29 is 8.91 Å². The molecule has 0 unspecified atom stereocenters. The maximum atomic E-state index is 12.9. The second-order valence-electron chi connectivity index (χ2n) is 4.43. The standard InChI is InChI=1S/C14H13FN4OS/c15-11-3-1-10(2-4-11)14-18-12(8-21-14)7-16-6-5-13-17-9-20-19-13/h1-4,8-9,16H,5-7H2. The molecule has 108 valence electrons. The first-order chi connectivity index (χ1) is 10.3. The highest BCUT2D eigenvalue weighted by atomic mass is 32.1. The van der Waals surface area contributed by atoms with Crippen LogP contribution in [0.3, 0.4) is 0 Å². The van der Waals surface area contributed by atoms with Crippen molar-refractivity contribution in [3.63, 3.8) is 0 Å². The van der Waals surface area contributed by atoms with Crippen molar-refractivity contribution >= 4 is 11.3 Å². The minimum absolute atomic E-state index is 0.237. The quantitative estimate of drug-likeness (QED) is 0.709. The number of rotatable bonds is 6. The minimum Gasteiger partial charge on any atom is -0.343 e. The Morgan fingerprint density at radius 2 is 2.10 bits per heavy atom. The molecule has 0 spiro atoms. The summed E-state index contributed by atoms with van der Waals surface area (Å²) in [5, 5.41) is 9.91. The smallest absolute Gasteiger partial charge is 0.213 e. The summed E-state index contributed by atoms with van der Waals surface area (Å²) in [4.78, 5) is 8.48. The molecule has 0 amide bonds. The van der Waals surface area contributed by atoms with E-state index in [2.05, 4.69) is 25.0 Å². The summed E-state index contributed by atoms with van der Waals surface area (Å²) in [6.07, 6.45) is 2.04. The molecule has 3 rings (SSSR count). The van der Waals surface area contributed by atoms with Crippen LogP contribution in [0.5, 0.6) is 0 Å². The van der Waals surface area contributed by atoms with E-state index in [4.69, 9.17) is 0 Å². The van der Waals surface area contributed by atoms with E-state index in [1.54, 1.807) is 23.5 Å². The van der Waals surface area contributed by atoms with Gasteiger partial charge >= 0.3 is 0 Å². The summed E-state index contributed by atoms with van der Waals surface area (Å²) < 4.78 is 17.6. The van der Waals surface area contributed by atoms with Gasteiger partial charge in [0.2, 0.25) is 6.39 Å². The van der Waals surface area contributed by atoms with Crippen LogP contribution in [0.4, 0.5) is 4.39 Å². The molecule has 0 aliphatic rings. The highest BCUT2D eigenvalue weighted by Crippen LogP contribution is 2.23. The predicted molar refractivity (Wildman–Crippen MR) is 77.2 cm³/mol. The number of nitrogens with zero attached hydrogens (tertiary/aromatic N) is 3. The highest BCUT2D eigenvalue weighted by molar-refractivity contribution is 7.13. The Labute approximate surface area is 124 Å². The Morgan fingerprint density at radius 1 is 1.24 bits per heavy atom. The molecule has 1 N–H and O–H groups in total. The summed E-state index contributed by atoms with van der Waals surface area (Å²) in [6.45, 7) is 1.43. The fourth-order valence-electron chi connectivity index (χ4n) is 1.83. The van der Waals surface area contributed by atoms with Gasteiger partial charge in [-0.25, -0.2) is 9.37 Å². The molecular weight excluding hydrogens is 291 g/mol. The normalized spacial score (nSPS) is 10.9. The Balaban J connectivity index is 1.52. The molecule has 0 saturated heterocycles. The van der Waals surface area contributed by atoms with E-state index in [9.17, 15) is 4.39 Å². The second kappa shape index (κ2) is 6.55. The number of thiazole rings is 1. The molecule has 0 atom stereocenters. The number of halogens is 1. The Morgan fingerprint density at radius 3 is 2.86 bits per heavy atom. The molecule has 2 aromatic heterocycles. The van der Waals surface area contributed by atoms with E-state index in [0.717, 1.165) is 22.8 Å². The van der Waals surface area contributed by atoms with Crippen molar-refractivity contribution in [3.05, 3.63) is 53.4 Å². The van der Waals surface area contributed by atoms with Gasteiger partial charge in [0.15, 0.2) is 5.82 Å². The predicted octanol–water partition coefficient (Wildman–Crippen LogP) is 2.66. The van der Waals surface area contributed by atoms with Gasteiger partial charge in [-0.2, -0.15) is 4.98 Å². The van der Waals surface area contributed by atoms with Crippen molar-refractivity contribution in [1.82, 2.24) is 20.4 Å². The molecule has 0 bridgehead atoms. The van der Waals surface area contributed by atoms with E-state index in [1.807, 2.05) is 5.38 Å². The first-order valence-corrected chi connectivity index (χ1v) is 7.35. The average molecular weight is 304 g/mol. The van der Waals surface area contributed by atoms with Crippen molar-refractivity contribution in [1.29, 1.82) is 0 Å². The van der Waals surface area contributed by atoms with E-state index in [0.29, 0.717) is 18.8 Å². The van der Waals surface area contributed by atoms with Gasteiger partial charge in [-0.05, 0) is 24.3 Å². The zero-order valence-electron chi connectivity index (χ0n) is 11.1. The number of hydrogen-bond donors (Lipinski definition) is 1. The molecule has 0 fully saturated rings. The van der Waals surface area contributed by atoms with Crippen LogP contribution in [0.1, 0.15) is 11.5 Å². The molecule has 7 heteroatoms. The monoisotopic (exact) mass is 304 g/mol. The third-order valence-corrected chi connectivity index (χ3v) is 3.82. The summed E-state index contributed by atoms with van der Waals surface area (Å²) in [6, 6.07) is 6.36. The first-order valence-electron chi connectivity index (χ1n) is 6.47. The van der Waals surface area contributed by atoms with Crippen molar-refractivity contribution in [3.8, 4) is 10.6 Å². The molecular formula is C14H13FN4OS. The van der Waals surface area contributed by atoms with Gasteiger partial charge < -0.3 is 9.84 Å². The van der Waals surface area contributed by atoms with Gasteiger partial charge in [-0.15, -0.1) is 11.3 Å². The molecule has 1 aromatic carbocycles. The number of benzene rings is 1. The first kappa shape index (κ1) is 13.8. The van der Waals surface area contributed by atoms with Crippen molar-refractivity contribution in [2.45, 2.75) is 13.0 Å². The summed E-state index contributed by atoms with van der Waals surface area (Å²) in [7, 11) is 0. The van der Waals surface area contributed by atoms with Gasteiger partial charge in [-0.3, -0.25) is 0 Å². The molecule has 0 aliphatic carbocycles. The van der Waals surface area contributed by atoms with E-state index in [-0.39, 0.29) is 5.82 Å². The van der Waals surface area contributed by atoms with E-state index in [1.165, 1.54) is 18.5 Å². The lowest BCUT2D eigenvalue weighted by molar-refractivity contribution is 0.409. The molecule has 3 aromatic rings. The Kier molecular flexibility index (Phi) is 4.32. The zero-order chi connectivity index (χ0) is 14.5. The maximum Gasteiger partial charge on any atom is 0.213 e. The van der Waals surface area contributed by atoms with Crippen LogP contribution in [0, 0.1) is 5.82 Å². The van der Waals surface area contributed by atoms with Gasteiger partial charge in [0.1, 0.15) is 10.8 Å². The third kappa shape index (κ3) is 3.71. The van der Waals surface area contributed by atoms with Gasteiger partial charge in [-0.1, -0.05) is 5.16 Å². The summed E-state index contributed by atoms with van der Waals surface area (Å²) in [5.41, 5.74) is 1.90. The lowest BCUT2D eigenvalue weighted by Gasteiger charge is -1.99. The lowest BCUT2D eigenvalue weighted by atomic mass is 10.2. The average Bonchev–Trinajstić information content (AvgIpc) is 3.16. The van der Waals surface area contributed by atoms with Gasteiger partial charge in [0.25, 0.3) is 0 Å². The molecule has 2 heterocycles. The number of hydrogen-bond acceptors (Lipinski definition) is 6. The van der Waals surface area contributed by atoms with Gasteiger partial charge in [0.05, 0.1) is 5.69 Å². The van der Waals surface area contributed by atoms with Crippen LogP contribution in [-0.4, -0.2) is 21.7 Å². The van der Waals surface area contributed by atoms with Crippen LogP contribution >= 0.6 is 11.3 Å². The lowest BCUT2D eigenvalue weighted by Crippen LogP contribution is -2.17. The molecule has 0 aliphatic heterocycles. The van der Waals surface area contributed by atoms with Crippen molar-refractivity contribution in [2.75, 3.05) is 6.54 Å². The highest BCUT2D eigenvalue weighted by Gasteiger charge is 2.05. The third-order valence-electron chi connectivity index (χ3n) is 2.88. The number of nitrogens with one attached hydrogen (secondary N) is 1. The largest absolute Gasteiger partial charge is 0.343 e. The van der Waals surface area contributed by atoms with Crippen molar-refractivity contribution in [2.24, 2.45) is 0 Å². The fourth-order valence-corrected chi connectivity index (χ4v) is 2.66. The fraction of sp³-hybridized carbons (Fsp3) is 0.214. The van der Waals surface area contributed by atoms with Crippen LogP contribution in [-0.2, 0) is 13.0 Å². The summed E-state index contributed by atoms with van der Waals surface area (Å²) >= 11 is 1.55. The SMILES string of the molecule is Fc1ccc(-c2nc(CNCCc3ncon3)cs2)cc1. The topological polar surface area (TPSA) is 63.8 Å².